The molecule has 2 aliphatic carbocycles. The van der Waals surface area contributed by atoms with Crippen LogP contribution in [0.3, 0.4) is 0 Å². The Balaban J connectivity index is 0.000000159. The van der Waals surface area contributed by atoms with E-state index in [1.165, 1.54) is 47.2 Å². The maximum atomic E-state index is 15.0. The molecule has 0 bridgehead atoms. The number of rotatable bonds is 8. The van der Waals surface area contributed by atoms with Crippen molar-refractivity contribution in [3.05, 3.63) is 107 Å². The van der Waals surface area contributed by atoms with Gasteiger partial charge in [0, 0.05) is 34.6 Å². The molecular formula is C46H39BrF6N12. The zero-order valence-electron chi connectivity index (χ0n) is 35.4. The number of halogens is 7. The summed E-state index contributed by atoms with van der Waals surface area (Å²) in [4.78, 5) is 19.6. The van der Waals surface area contributed by atoms with Gasteiger partial charge in [-0.15, -0.1) is 32.7 Å². The number of benzene rings is 2. The molecule has 0 radical (unpaired) electrons. The summed E-state index contributed by atoms with van der Waals surface area (Å²) in [5.74, 6) is 9.31. The van der Waals surface area contributed by atoms with Crippen molar-refractivity contribution in [2.75, 3.05) is 22.9 Å². The highest BCUT2D eigenvalue weighted by atomic mass is 79.9. The van der Waals surface area contributed by atoms with Crippen molar-refractivity contribution < 1.29 is 26.3 Å². The molecule has 0 N–H and O–H groups in total. The second-order valence-corrected chi connectivity index (χ2v) is 17.0. The van der Waals surface area contributed by atoms with Crippen LogP contribution >= 0.6 is 15.9 Å². The van der Waals surface area contributed by atoms with Crippen molar-refractivity contribution in [2.45, 2.75) is 66.2 Å². The summed E-state index contributed by atoms with van der Waals surface area (Å²) in [7, 11) is 0. The molecule has 2 aliphatic rings. The Labute approximate surface area is 377 Å². The molecule has 2 fully saturated rings. The topological polar surface area (TPSA) is 118 Å². The zero-order chi connectivity index (χ0) is 46.2. The van der Waals surface area contributed by atoms with Gasteiger partial charge in [0.15, 0.2) is 0 Å². The summed E-state index contributed by atoms with van der Waals surface area (Å²) >= 11 is 3.23. The van der Waals surface area contributed by atoms with Gasteiger partial charge in [-0.25, -0.2) is 36.3 Å². The van der Waals surface area contributed by atoms with Gasteiger partial charge >= 0.3 is 0 Å². The summed E-state index contributed by atoms with van der Waals surface area (Å²) in [6.07, 6.45) is 7.27. The standard InChI is InChI=1S/C23H19F3N6.C17H12BrF3N6.C6H8/c1-14-29-30-22-28-21(20-17(24)4-3-5-18(20)32(14)22)31(13-19(25)26)16-7-11-27-15(12-16)6-8-23(2)9-10-23;1-9-24-25-17-23-16(15-11(19)3-2-4-12(15)27(9)17)26(8-14(20)21)10-5-6-22-13(18)7-10;1-3-6(2)4-5-6/h3-5,7,11-12,19H,9-10,13H2,1-2H3;2-7,14H,8H2,1H3;1H,4-5H2,2H3. The smallest absolute Gasteiger partial charge is 0.257 e. The largest absolute Gasteiger partial charge is 0.320 e. The minimum Gasteiger partial charge on any atom is -0.320 e. The average molecular weight is 954 g/mol. The van der Waals surface area contributed by atoms with Gasteiger partial charge in [-0.2, -0.15) is 9.97 Å². The monoisotopic (exact) mass is 952 g/mol. The minimum absolute atomic E-state index is 0.00218. The Bertz CT molecular complexity index is 3180. The number of pyridine rings is 2. The van der Waals surface area contributed by atoms with Crippen LogP contribution in [0.5, 0.6) is 0 Å². The van der Waals surface area contributed by atoms with E-state index in [4.69, 9.17) is 6.42 Å². The van der Waals surface area contributed by atoms with Crippen LogP contribution in [-0.4, -0.2) is 75.1 Å². The van der Waals surface area contributed by atoms with Gasteiger partial charge < -0.3 is 9.80 Å². The van der Waals surface area contributed by atoms with Gasteiger partial charge in [0.05, 0.1) is 34.9 Å². The number of hydrogen-bond donors (Lipinski definition) is 0. The molecule has 6 aromatic heterocycles. The predicted octanol–water partition coefficient (Wildman–Crippen LogP) is 10.4. The molecule has 332 valence electrons. The SMILES string of the molecule is C#CC1(C)CC1.Cc1nnc2nc(N(CC(F)F)c3ccnc(Br)c3)c3c(F)cccc3n12.Cc1nnc2nc(N(CC(F)F)c3ccnc(C#CC4(C)CC4)c3)c3c(F)cccc3n12. The number of anilines is 4. The van der Waals surface area contributed by atoms with E-state index >= 15 is 4.39 Å². The van der Waals surface area contributed by atoms with E-state index in [0.717, 1.165) is 12.8 Å². The highest BCUT2D eigenvalue weighted by Crippen LogP contribution is 2.44. The number of aromatic nitrogens is 10. The molecule has 8 aromatic rings. The summed E-state index contributed by atoms with van der Waals surface area (Å²) in [6.45, 7) is 6.26. The lowest BCUT2D eigenvalue weighted by Gasteiger charge is -2.25. The molecule has 0 aliphatic heterocycles. The Morgan fingerprint density at radius 2 is 1.17 bits per heavy atom. The highest BCUT2D eigenvalue weighted by Gasteiger charge is 2.35. The van der Waals surface area contributed by atoms with Gasteiger partial charge in [0.1, 0.15) is 45.2 Å². The number of alkyl halides is 4. The number of terminal acetylenes is 1. The van der Waals surface area contributed by atoms with E-state index < -0.39 is 37.6 Å². The Morgan fingerprint density at radius 3 is 1.60 bits per heavy atom. The summed E-state index contributed by atoms with van der Waals surface area (Å²) < 4.78 is 87.4. The van der Waals surface area contributed by atoms with Crippen LogP contribution in [0.25, 0.3) is 33.4 Å². The van der Waals surface area contributed by atoms with E-state index in [9.17, 15) is 22.0 Å². The van der Waals surface area contributed by atoms with E-state index in [1.54, 1.807) is 71.2 Å². The lowest BCUT2D eigenvalue weighted by atomic mass is 10.1. The summed E-state index contributed by atoms with van der Waals surface area (Å²) in [5.41, 5.74) is 2.46. The molecule has 0 atom stereocenters. The van der Waals surface area contributed by atoms with Crippen LogP contribution < -0.4 is 9.80 Å². The Kier molecular flexibility index (Phi) is 12.4. The van der Waals surface area contributed by atoms with Gasteiger partial charge in [-0.3, -0.25) is 8.80 Å². The predicted molar refractivity (Wildman–Crippen MR) is 239 cm³/mol. The maximum Gasteiger partial charge on any atom is 0.257 e. The molecule has 65 heavy (non-hydrogen) atoms. The molecule has 6 heterocycles. The van der Waals surface area contributed by atoms with E-state index in [0.29, 0.717) is 49.8 Å². The number of hydrogen-bond acceptors (Lipinski definition) is 10. The van der Waals surface area contributed by atoms with Gasteiger partial charge in [-0.1, -0.05) is 18.1 Å². The molecule has 2 aromatic carbocycles. The van der Waals surface area contributed by atoms with Gasteiger partial charge in [0.2, 0.25) is 0 Å². The van der Waals surface area contributed by atoms with Crippen LogP contribution in [0, 0.1) is 60.5 Å². The first-order valence-electron chi connectivity index (χ1n) is 20.4. The molecular weight excluding hydrogens is 914 g/mol. The maximum absolute atomic E-state index is 15.0. The van der Waals surface area contributed by atoms with E-state index in [-0.39, 0.29) is 39.4 Å². The van der Waals surface area contributed by atoms with Crippen LogP contribution in [0.1, 0.15) is 56.9 Å². The van der Waals surface area contributed by atoms with E-state index in [1.807, 2.05) is 0 Å². The normalized spacial score (nSPS) is 14.3. The fourth-order valence-electron chi connectivity index (χ4n) is 6.92. The number of aryl methyl sites for hydroxylation is 2. The quantitative estimate of drug-likeness (QED) is 0.0828. The lowest BCUT2D eigenvalue weighted by Crippen LogP contribution is -2.26. The van der Waals surface area contributed by atoms with Crippen molar-refractivity contribution in [3.63, 3.8) is 0 Å². The first kappa shape index (κ1) is 44.7. The zero-order valence-corrected chi connectivity index (χ0v) is 37.0. The fourth-order valence-corrected chi connectivity index (χ4v) is 7.28. The molecule has 0 unspecified atom stereocenters. The summed E-state index contributed by atoms with van der Waals surface area (Å²) in [5, 5.41) is 16.2. The first-order chi connectivity index (χ1) is 31.1. The summed E-state index contributed by atoms with van der Waals surface area (Å²) in [6, 6.07) is 15.3. The van der Waals surface area contributed by atoms with Gasteiger partial charge in [0.25, 0.3) is 24.4 Å². The molecule has 2 saturated carbocycles. The number of nitrogens with zero attached hydrogens (tertiary/aromatic N) is 12. The first-order valence-corrected chi connectivity index (χ1v) is 21.2. The van der Waals surface area contributed by atoms with E-state index in [2.05, 4.69) is 87.9 Å². The second kappa shape index (κ2) is 18.0. The number of fused-ring (bicyclic) bond motifs is 6. The van der Waals surface area contributed by atoms with Gasteiger partial charge in [-0.05, 0) is 124 Å². The third-order valence-corrected chi connectivity index (χ3v) is 11.4. The molecule has 0 spiro atoms. The molecule has 19 heteroatoms. The molecule has 12 nitrogen and oxygen atoms in total. The second-order valence-electron chi connectivity index (χ2n) is 16.2. The van der Waals surface area contributed by atoms with Crippen molar-refractivity contribution in [2.24, 2.45) is 10.8 Å². The molecule has 0 saturated heterocycles. The third-order valence-electron chi connectivity index (χ3n) is 11.0. The molecule has 10 rings (SSSR count). The van der Waals surface area contributed by atoms with Crippen LogP contribution in [-0.2, 0) is 0 Å². The average Bonchev–Trinajstić information content (AvgIpc) is 4.13. The lowest BCUT2D eigenvalue weighted by molar-refractivity contribution is 0.157. The van der Waals surface area contributed by atoms with Crippen LogP contribution in [0.15, 0.2) is 77.7 Å². The van der Waals surface area contributed by atoms with Crippen molar-refractivity contribution in [3.8, 4) is 24.2 Å². The minimum atomic E-state index is -2.69. The Hall–Kier alpha value is -6.86. The molecule has 0 amide bonds. The van der Waals surface area contributed by atoms with Crippen LogP contribution in [0.2, 0.25) is 0 Å². The van der Waals surface area contributed by atoms with Crippen LogP contribution in [0.4, 0.5) is 49.4 Å². The van der Waals surface area contributed by atoms with Crippen molar-refractivity contribution >= 4 is 72.3 Å². The van der Waals surface area contributed by atoms with Crippen molar-refractivity contribution in [1.29, 1.82) is 0 Å². The van der Waals surface area contributed by atoms with Crippen molar-refractivity contribution in [1.82, 2.24) is 49.1 Å². The fraction of sp³-hybridized carbons (Fsp3) is 0.304. The third kappa shape index (κ3) is 9.66. The Morgan fingerprint density at radius 1 is 0.692 bits per heavy atom. The highest BCUT2D eigenvalue weighted by molar-refractivity contribution is 9.10.